The maximum atomic E-state index is 11.1. The van der Waals surface area contributed by atoms with E-state index in [1.54, 1.807) is 24.3 Å². The molecule has 0 spiro atoms. The number of para-hydroxylation sites is 1. The molecule has 1 aromatic rings. The smallest absolute Gasteiger partial charge is 0.308 e. The number of aliphatic hydroxyl groups is 3. The molecule has 0 amide bonds. The Kier molecular flexibility index (Phi) is 7.79. The van der Waals surface area contributed by atoms with Crippen molar-refractivity contribution in [3.8, 4) is 5.75 Å². The lowest BCUT2D eigenvalue weighted by Crippen LogP contribution is -2.51. The molecule has 8 heteroatoms. The van der Waals surface area contributed by atoms with Gasteiger partial charge < -0.3 is 35.3 Å². The van der Waals surface area contributed by atoms with Crippen molar-refractivity contribution < 1.29 is 34.4 Å². The lowest BCUT2D eigenvalue weighted by molar-refractivity contribution is -0.132. The summed E-state index contributed by atoms with van der Waals surface area (Å²) >= 11 is 0. The predicted octanol–water partition coefficient (Wildman–Crippen LogP) is -1.26. The van der Waals surface area contributed by atoms with E-state index in [0.29, 0.717) is 11.8 Å². The van der Waals surface area contributed by atoms with Gasteiger partial charge in [-0.15, -0.1) is 0 Å². The van der Waals surface area contributed by atoms with Crippen LogP contribution in [0.3, 0.4) is 0 Å². The van der Waals surface area contributed by atoms with Gasteiger partial charge in [-0.05, 0) is 6.07 Å². The van der Waals surface area contributed by atoms with Crippen LogP contribution in [0.2, 0.25) is 0 Å². The summed E-state index contributed by atoms with van der Waals surface area (Å²) in [6, 6.07) is 5.36. The highest BCUT2D eigenvalue weighted by Gasteiger charge is 2.32. The van der Waals surface area contributed by atoms with Gasteiger partial charge in [0.2, 0.25) is 0 Å². The number of ether oxygens (including phenoxy) is 2. The quantitative estimate of drug-likeness (QED) is 0.250. The second-order valence-corrected chi connectivity index (χ2v) is 4.93. The van der Waals surface area contributed by atoms with Crippen molar-refractivity contribution in [3.05, 3.63) is 29.8 Å². The SMILES string of the molecule is CC(=O)Oc1ccccc1CO[C@@H]([C@H](O)[C@H](O)CO)[C@H](N)C=O. The molecule has 0 radical (unpaired) electrons. The molecule has 0 aliphatic rings. The molecule has 128 valence electrons. The van der Waals surface area contributed by atoms with Crippen LogP contribution in [0.15, 0.2) is 24.3 Å². The van der Waals surface area contributed by atoms with Crippen molar-refractivity contribution in [2.24, 2.45) is 5.73 Å². The van der Waals surface area contributed by atoms with Crippen LogP contribution in [0.4, 0.5) is 0 Å². The molecule has 0 fully saturated rings. The third-order valence-electron chi connectivity index (χ3n) is 3.11. The van der Waals surface area contributed by atoms with E-state index in [1.807, 2.05) is 0 Å². The molecule has 0 aliphatic carbocycles. The first-order valence-corrected chi connectivity index (χ1v) is 6.96. The maximum absolute atomic E-state index is 11.1. The highest BCUT2D eigenvalue weighted by molar-refractivity contribution is 5.69. The molecule has 0 saturated heterocycles. The highest BCUT2D eigenvalue weighted by Crippen LogP contribution is 2.21. The van der Waals surface area contributed by atoms with Crippen molar-refractivity contribution in [1.82, 2.24) is 0 Å². The molecule has 0 unspecified atom stereocenters. The van der Waals surface area contributed by atoms with Crippen LogP contribution < -0.4 is 10.5 Å². The Labute approximate surface area is 133 Å². The molecule has 0 bridgehead atoms. The van der Waals surface area contributed by atoms with Gasteiger partial charge >= 0.3 is 5.97 Å². The molecule has 0 saturated carbocycles. The number of aliphatic hydroxyl groups excluding tert-OH is 3. The Morgan fingerprint density at radius 3 is 2.57 bits per heavy atom. The number of esters is 1. The van der Waals surface area contributed by atoms with E-state index < -0.39 is 36.9 Å². The summed E-state index contributed by atoms with van der Waals surface area (Å²) in [5, 5.41) is 28.3. The first kappa shape index (κ1) is 19.2. The van der Waals surface area contributed by atoms with E-state index in [9.17, 15) is 19.8 Å². The van der Waals surface area contributed by atoms with Gasteiger partial charge in [0.25, 0.3) is 0 Å². The summed E-state index contributed by atoms with van der Waals surface area (Å²) in [5.41, 5.74) is 6.06. The molecule has 0 aromatic heterocycles. The topological polar surface area (TPSA) is 139 Å². The predicted molar refractivity (Wildman–Crippen MR) is 79.5 cm³/mol. The van der Waals surface area contributed by atoms with E-state index >= 15 is 0 Å². The molecule has 1 rings (SSSR count). The van der Waals surface area contributed by atoms with Crippen LogP contribution in [0, 0.1) is 0 Å². The minimum atomic E-state index is -1.55. The number of rotatable bonds is 9. The largest absolute Gasteiger partial charge is 0.426 e. The number of hydrogen-bond acceptors (Lipinski definition) is 8. The summed E-state index contributed by atoms with van der Waals surface area (Å²) in [6.45, 7) is 0.422. The Hall–Kier alpha value is -1.84. The Bertz CT molecular complexity index is 522. The van der Waals surface area contributed by atoms with Crippen LogP contribution in [-0.4, -0.2) is 58.5 Å². The maximum Gasteiger partial charge on any atom is 0.308 e. The zero-order chi connectivity index (χ0) is 17.4. The molecule has 8 nitrogen and oxygen atoms in total. The second-order valence-electron chi connectivity index (χ2n) is 4.93. The number of hydrogen-bond donors (Lipinski definition) is 4. The lowest BCUT2D eigenvalue weighted by Gasteiger charge is -2.28. The van der Waals surface area contributed by atoms with Gasteiger partial charge in [0.15, 0.2) is 0 Å². The fourth-order valence-corrected chi connectivity index (χ4v) is 1.91. The molecule has 0 heterocycles. The zero-order valence-electron chi connectivity index (χ0n) is 12.7. The Morgan fingerprint density at radius 2 is 2.00 bits per heavy atom. The first-order valence-electron chi connectivity index (χ1n) is 6.96. The van der Waals surface area contributed by atoms with E-state index in [0.717, 1.165) is 0 Å². The third kappa shape index (κ3) is 5.70. The first-order chi connectivity index (χ1) is 10.9. The van der Waals surface area contributed by atoms with E-state index in [1.165, 1.54) is 6.92 Å². The number of nitrogens with two attached hydrogens (primary N) is 1. The van der Waals surface area contributed by atoms with Gasteiger partial charge in [0, 0.05) is 12.5 Å². The molecule has 23 heavy (non-hydrogen) atoms. The number of carbonyl (C=O) groups excluding carboxylic acids is 2. The van der Waals surface area contributed by atoms with Gasteiger partial charge in [-0.25, -0.2) is 0 Å². The molecule has 1 aromatic carbocycles. The van der Waals surface area contributed by atoms with Crippen LogP contribution in [0.1, 0.15) is 12.5 Å². The summed E-state index contributed by atoms with van der Waals surface area (Å²) in [5.74, 6) is -0.232. The van der Waals surface area contributed by atoms with Crippen LogP contribution >= 0.6 is 0 Å². The van der Waals surface area contributed by atoms with Gasteiger partial charge in [-0.3, -0.25) is 4.79 Å². The lowest BCUT2D eigenvalue weighted by atomic mass is 10.0. The normalized spacial score (nSPS) is 16.2. The van der Waals surface area contributed by atoms with Crippen molar-refractivity contribution in [2.75, 3.05) is 6.61 Å². The van der Waals surface area contributed by atoms with E-state index in [-0.39, 0.29) is 12.4 Å². The monoisotopic (exact) mass is 327 g/mol. The fraction of sp³-hybridized carbons (Fsp3) is 0.467. The Balaban J connectivity index is 2.86. The van der Waals surface area contributed by atoms with Crippen LogP contribution in [0.25, 0.3) is 0 Å². The van der Waals surface area contributed by atoms with E-state index in [2.05, 4.69) is 0 Å². The van der Waals surface area contributed by atoms with Crippen LogP contribution in [0.5, 0.6) is 5.75 Å². The highest BCUT2D eigenvalue weighted by atomic mass is 16.5. The molecular formula is C15H21NO7. The van der Waals surface area contributed by atoms with Crippen molar-refractivity contribution in [3.63, 3.8) is 0 Å². The van der Waals surface area contributed by atoms with Gasteiger partial charge in [0.1, 0.15) is 30.3 Å². The van der Waals surface area contributed by atoms with Crippen LogP contribution in [-0.2, 0) is 20.9 Å². The summed E-state index contributed by atoms with van der Waals surface area (Å²) < 4.78 is 10.4. The number of benzene rings is 1. The average Bonchev–Trinajstić information content (AvgIpc) is 2.54. The summed E-state index contributed by atoms with van der Waals surface area (Å²) in [7, 11) is 0. The zero-order valence-corrected chi connectivity index (χ0v) is 12.7. The molecule has 5 N–H and O–H groups in total. The second kappa shape index (κ2) is 9.33. The van der Waals surface area contributed by atoms with Crippen molar-refractivity contribution in [1.29, 1.82) is 0 Å². The molecular weight excluding hydrogens is 306 g/mol. The Morgan fingerprint density at radius 1 is 1.35 bits per heavy atom. The summed E-state index contributed by atoms with van der Waals surface area (Å²) in [6.07, 6.45) is -3.92. The summed E-state index contributed by atoms with van der Waals surface area (Å²) in [4.78, 5) is 21.9. The molecule has 0 aliphatic heterocycles. The van der Waals surface area contributed by atoms with Crippen molar-refractivity contribution >= 4 is 12.3 Å². The number of carbonyl (C=O) groups is 2. The fourth-order valence-electron chi connectivity index (χ4n) is 1.91. The minimum Gasteiger partial charge on any atom is -0.426 e. The molecule has 4 atom stereocenters. The van der Waals surface area contributed by atoms with Gasteiger partial charge in [0.05, 0.1) is 19.3 Å². The van der Waals surface area contributed by atoms with E-state index in [4.69, 9.17) is 20.3 Å². The van der Waals surface area contributed by atoms with Gasteiger partial charge in [-0.2, -0.15) is 0 Å². The standard InChI is InChI=1S/C15H21NO7/c1-9(19)23-13-5-3-2-4-10(13)8-22-15(11(16)6-17)14(21)12(20)7-18/h2-6,11-12,14-15,18,20-21H,7-8,16H2,1H3/t11-,12-,14-,15-/m1/s1. The third-order valence-corrected chi connectivity index (χ3v) is 3.11. The minimum absolute atomic E-state index is 0.120. The number of aldehydes is 1. The van der Waals surface area contributed by atoms with Gasteiger partial charge in [-0.1, -0.05) is 18.2 Å². The average molecular weight is 327 g/mol. The van der Waals surface area contributed by atoms with Crippen molar-refractivity contribution in [2.45, 2.75) is 37.9 Å².